The van der Waals surface area contributed by atoms with Crippen LogP contribution in [0.1, 0.15) is 19.3 Å². The van der Waals surface area contributed by atoms with Gasteiger partial charge in [-0.05, 0) is 25.3 Å². The van der Waals surface area contributed by atoms with E-state index in [1.807, 2.05) is 0 Å². The third kappa shape index (κ3) is 2.32. The summed E-state index contributed by atoms with van der Waals surface area (Å²) in [5, 5.41) is 0. The Kier molecular flexibility index (Phi) is 4.28. The summed E-state index contributed by atoms with van der Waals surface area (Å²) >= 11 is 0. The SMILES string of the molecule is C=CCC1CC[C@@H](C(=O)OC)N1C(=O)C=C. The van der Waals surface area contributed by atoms with Crippen molar-refractivity contribution in [3.8, 4) is 0 Å². The summed E-state index contributed by atoms with van der Waals surface area (Å²) in [6.45, 7) is 7.10. The molecule has 0 aromatic heterocycles. The zero-order chi connectivity index (χ0) is 12.1. The highest BCUT2D eigenvalue weighted by Gasteiger charge is 2.39. The first kappa shape index (κ1) is 12.5. The third-order valence-corrected chi connectivity index (χ3v) is 2.84. The van der Waals surface area contributed by atoms with E-state index in [4.69, 9.17) is 4.74 Å². The molecule has 1 amide bonds. The van der Waals surface area contributed by atoms with Crippen molar-refractivity contribution in [2.75, 3.05) is 7.11 Å². The van der Waals surface area contributed by atoms with Crippen LogP contribution in [-0.4, -0.2) is 36.0 Å². The number of hydrogen-bond acceptors (Lipinski definition) is 3. The third-order valence-electron chi connectivity index (χ3n) is 2.84. The predicted octanol–water partition coefficient (Wildman–Crippen LogP) is 1.28. The van der Waals surface area contributed by atoms with Crippen LogP contribution in [0.5, 0.6) is 0 Å². The van der Waals surface area contributed by atoms with E-state index in [0.717, 1.165) is 6.42 Å². The van der Waals surface area contributed by atoms with Crippen molar-refractivity contribution in [2.45, 2.75) is 31.3 Å². The van der Waals surface area contributed by atoms with Gasteiger partial charge in [-0.3, -0.25) is 4.79 Å². The maximum Gasteiger partial charge on any atom is 0.328 e. The number of nitrogens with zero attached hydrogens (tertiary/aromatic N) is 1. The molecule has 2 atom stereocenters. The summed E-state index contributed by atoms with van der Waals surface area (Å²) in [6, 6.07) is -0.437. The Morgan fingerprint density at radius 3 is 2.62 bits per heavy atom. The van der Waals surface area contributed by atoms with E-state index in [0.29, 0.717) is 12.8 Å². The quantitative estimate of drug-likeness (QED) is 0.410. The second-order valence-electron chi connectivity index (χ2n) is 3.74. The minimum Gasteiger partial charge on any atom is -0.467 e. The molecule has 0 aliphatic carbocycles. The maximum absolute atomic E-state index is 11.7. The van der Waals surface area contributed by atoms with Crippen LogP contribution < -0.4 is 0 Å². The van der Waals surface area contributed by atoms with Gasteiger partial charge in [0.1, 0.15) is 6.04 Å². The van der Waals surface area contributed by atoms with E-state index in [2.05, 4.69) is 13.2 Å². The predicted molar refractivity (Wildman–Crippen MR) is 60.7 cm³/mol. The van der Waals surface area contributed by atoms with Crippen molar-refractivity contribution in [1.82, 2.24) is 4.90 Å². The molecule has 1 aliphatic rings. The molecule has 4 heteroatoms. The monoisotopic (exact) mass is 223 g/mol. The molecule has 1 heterocycles. The van der Waals surface area contributed by atoms with Gasteiger partial charge >= 0.3 is 5.97 Å². The second kappa shape index (κ2) is 5.49. The van der Waals surface area contributed by atoms with Crippen LogP contribution in [-0.2, 0) is 14.3 Å². The van der Waals surface area contributed by atoms with Crippen LogP contribution in [0.4, 0.5) is 0 Å². The Balaban J connectivity index is 2.86. The Labute approximate surface area is 95.6 Å². The molecule has 0 aromatic carbocycles. The first-order chi connectivity index (χ1) is 7.65. The average Bonchev–Trinajstić information content (AvgIpc) is 2.71. The fourth-order valence-corrected chi connectivity index (χ4v) is 2.11. The summed E-state index contributed by atoms with van der Waals surface area (Å²) in [5.74, 6) is -0.582. The van der Waals surface area contributed by atoms with Crippen LogP contribution in [0.15, 0.2) is 25.3 Å². The Bertz CT molecular complexity index is 311. The molecule has 1 aliphatic heterocycles. The van der Waals surface area contributed by atoms with E-state index in [-0.39, 0.29) is 17.9 Å². The minimum atomic E-state index is -0.472. The molecule has 0 saturated carbocycles. The van der Waals surface area contributed by atoms with Crippen LogP contribution in [0.25, 0.3) is 0 Å². The van der Waals surface area contributed by atoms with Crippen LogP contribution >= 0.6 is 0 Å². The Morgan fingerprint density at radius 1 is 1.44 bits per heavy atom. The molecule has 0 spiro atoms. The lowest BCUT2D eigenvalue weighted by molar-refractivity contribution is -0.150. The molecule has 16 heavy (non-hydrogen) atoms. The van der Waals surface area contributed by atoms with Crippen molar-refractivity contribution in [1.29, 1.82) is 0 Å². The number of carbonyl (C=O) groups is 2. The largest absolute Gasteiger partial charge is 0.467 e. The van der Waals surface area contributed by atoms with Gasteiger partial charge in [-0.15, -0.1) is 6.58 Å². The number of ether oxygens (including phenoxy) is 1. The highest BCUT2D eigenvalue weighted by Crippen LogP contribution is 2.27. The number of esters is 1. The number of methoxy groups -OCH3 is 1. The molecular formula is C12H17NO3. The van der Waals surface area contributed by atoms with Gasteiger partial charge in [-0.2, -0.15) is 0 Å². The van der Waals surface area contributed by atoms with Gasteiger partial charge in [-0.1, -0.05) is 12.7 Å². The zero-order valence-electron chi connectivity index (χ0n) is 9.52. The molecule has 1 saturated heterocycles. The molecule has 0 N–H and O–H groups in total. The lowest BCUT2D eigenvalue weighted by atomic mass is 10.1. The van der Waals surface area contributed by atoms with Gasteiger partial charge in [0.05, 0.1) is 7.11 Å². The number of likely N-dealkylation sites (tertiary alicyclic amines) is 1. The van der Waals surface area contributed by atoms with E-state index in [9.17, 15) is 9.59 Å². The molecule has 1 unspecified atom stereocenters. The van der Waals surface area contributed by atoms with Gasteiger partial charge in [0, 0.05) is 6.04 Å². The number of amides is 1. The van der Waals surface area contributed by atoms with Crippen LogP contribution in [0.2, 0.25) is 0 Å². The van der Waals surface area contributed by atoms with E-state index < -0.39 is 6.04 Å². The van der Waals surface area contributed by atoms with E-state index >= 15 is 0 Å². The fraction of sp³-hybridized carbons (Fsp3) is 0.500. The summed E-state index contributed by atoms with van der Waals surface area (Å²) in [6.07, 6.45) is 5.12. The van der Waals surface area contributed by atoms with E-state index in [1.165, 1.54) is 13.2 Å². The number of rotatable bonds is 4. The van der Waals surface area contributed by atoms with Crippen molar-refractivity contribution in [3.05, 3.63) is 25.3 Å². The molecule has 4 nitrogen and oxygen atoms in total. The standard InChI is InChI=1S/C12H17NO3/c1-4-6-9-7-8-10(12(15)16-3)13(9)11(14)5-2/h4-5,9-10H,1-2,6-8H2,3H3/t9?,10-/m0/s1. The van der Waals surface area contributed by atoms with Gasteiger partial charge in [-0.25, -0.2) is 4.79 Å². The number of carbonyl (C=O) groups excluding carboxylic acids is 2. The van der Waals surface area contributed by atoms with Crippen molar-refractivity contribution in [2.24, 2.45) is 0 Å². The van der Waals surface area contributed by atoms with Crippen molar-refractivity contribution >= 4 is 11.9 Å². The summed E-state index contributed by atoms with van der Waals surface area (Å²) in [5.41, 5.74) is 0. The van der Waals surface area contributed by atoms with Gasteiger partial charge in [0.15, 0.2) is 0 Å². The maximum atomic E-state index is 11.7. The first-order valence-corrected chi connectivity index (χ1v) is 5.29. The second-order valence-corrected chi connectivity index (χ2v) is 3.74. The van der Waals surface area contributed by atoms with Crippen molar-refractivity contribution < 1.29 is 14.3 Å². The molecule has 0 radical (unpaired) electrons. The smallest absolute Gasteiger partial charge is 0.328 e. The molecule has 0 bridgehead atoms. The zero-order valence-corrected chi connectivity index (χ0v) is 9.52. The Hall–Kier alpha value is -1.58. The Morgan fingerprint density at radius 2 is 2.12 bits per heavy atom. The minimum absolute atomic E-state index is 0.0344. The van der Waals surface area contributed by atoms with Crippen LogP contribution in [0, 0.1) is 0 Å². The average molecular weight is 223 g/mol. The number of hydrogen-bond donors (Lipinski definition) is 0. The lowest BCUT2D eigenvalue weighted by Crippen LogP contribution is -2.44. The fourth-order valence-electron chi connectivity index (χ4n) is 2.11. The molecule has 0 aromatic rings. The normalized spacial score (nSPS) is 23.9. The lowest BCUT2D eigenvalue weighted by Gasteiger charge is -2.27. The van der Waals surface area contributed by atoms with Crippen molar-refractivity contribution in [3.63, 3.8) is 0 Å². The van der Waals surface area contributed by atoms with E-state index in [1.54, 1.807) is 11.0 Å². The van der Waals surface area contributed by atoms with Crippen LogP contribution in [0.3, 0.4) is 0 Å². The highest BCUT2D eigenvalue weighted by molar-refractivity contribution is 5.91. The first-order valence-electron chi connectivity index (χ1n) is 5.29. The summed E-state index contributed by atoms with van der Waals surface area (Å²) < 4.78 is 4.69. The molecule has 1 fully saturated rings. The van der Waals surface area contributed by atoms with Gasteiger partial charge in [0.25, 0.3) is 0 Å². The van der Waals surface area contributed by atoms with Gasteiger partial charge in [0.2, 0.25) is 5.91 Å². The molecule has 1 rings (SSSR count). The molecular weight excluding hydrogens is 206 g/mol. The van der Waals surface area contributed by atoms with Gasteiger partial charge < -0.3 is 9.64 Å². The molecule has 88 valence electrons. The highest BCUT2D eigenvalue weighted by atomic mass is 16.5. The summed E-state index contributed by atoms with van der Waals surface area (Å²) in [7, 11) is 1.33. The topological polar surface area (TPSA) is 46.6 Å². The summed E-state index contributed by atoms with van der Waals surface area (Å²) in [4.78, 5) is 24.8.